The van der Waals surface area contributed by atoms with Gasteiger partial charge in [-0.1, -0.05) is 24.3 Å². The van der Waals surface area contributed by atoms with Crippen molar-refractivity contribution in [1.29, 1.82) is 0 Å². The molecule has 0 aliphatic rings. The van der Waals surface area contributed by atoms with Crippen LogP contribution in [0.1, 0.15) is 34.3 Å². The van der Waals surface area contributed by atoms with E-state index in [0.717, 1.165) is 36.4 Å². The van der Waals surface area contributed by atoms with Crippen LogP contribution in [0.2, 0.25) is 0 Å². The van der Waals surface area contributed by atoms with Gasteiger partial charge in [0.1, 0.15) is 24.2 Å². The first kappa shape index (κ1) is 22.4. The van der Waals surface area contributed by atoms with E-state index in [0.29, 0.717) is 0 Å². The molecule has 0 saturated carbocycles. The van der Waals surface area contributed by atoms with Gasteiger partial charge in [0.15, 0.2) is 0 Å². The molecule has 2 atom stereocenters. The SMILES string of the molecule is O=C(OCc1cccc(C(F)(F)F)c1)C(c1c(F)cccc1F)C(O)c1cccnc1. The van der Waals surface area contributed by atoms with E-state index in [1.54, 1.807) is 0 Å². The van der Waals surface area contributed by atoms with Crippen LogP contribution < -0.4 is 0 Å². The van der Waals surface area contributed by atoms with Crippen LogP contribution in [0.3, 0.4) is 0 Å². The minimum absolute atomic E-state index is 0.0202. The van der Waals surface area contributed by atoms with Gasteiger partial charge in [0, 0.05) is 23.5 Å². The van der Waals surface area contributed by atoms with Gasteiger partial charge >= 0.3 is 12.1 Å². The first-order valence-corrected chi connectivity index (χ1v) is 9.03. The van der Waals surface area contributed by atoms with E-state index < -0.39 is 53.5 Å². The van der Waals surface area contributed by atoms with E-state index in [-0.39, 0.29) is 11.1 Å². The lowest BCUT2D eigenvalue weighted by atomic mass is 9.89. The summed E-state index contributed by atoms with van der Waals surface area (Å²) in [5, 5.41) is 10.7. The molecule has 1 heterocycles. The zero-order chi connectivity index (χ0) is 22.6. The second-order valence-corrected chi connectivity index (χ2v) is 6.65. The van der Waals surface area contributed by atoms with Crippen molar-refractivity contribution in [2.75, 3.05) is 0 Å². The van der Waals surface area contributed by atoms with Gasteiger partial charge in [0.25, 0.3) is 0 Å². The monoisotopic (exact) mass is 437 g/mol. The number of pyridine rings is 1. The summed E-state index contributed by atoms with van der Waals surface area (Å²) in [7, 11) is 0. The van der Waals surface area contributed by atoms with E-state index in [1.165, 1.54) is 30.6 Å². The van der Waals surface area contributed by atoms with Gasteiger partial charge in [-0.15, -0.1) is 0 Å². The van der Waals surface area contributed by atoms with Crippen molar-refractivity contribution in [3.05, 3.63) is 101 Å². The second kappa shape index (κ2) is 9.22. The molecular weight excluding hydrogens is 421 g/mol. The predicted molar refractivity (Wildman–Crippen MR) is 99.5 cm³/mol. The number of benzene rings is 2. The summed E-state index contributed by atoms with van der Waals surface area (Å²) in [6.45, 7) is -0.588. The lowest BCUT2D eigenvalue weighted by molar-refractivity contribution is -0.150. The summed E-state index contributed by atoms with van der Waals surface area (Å²) in [6.07, 6.45) is -3.68. The van der Waals surface area contributed by atoms with Gasteiger partial charge in [-0.2, -0.15) is 13.2 Å². The molecule has 4 nitrogen and oxygen atoms in total. The number of carbonyl (C=O) groups excluding carboxylic acids is 1. The molecule has 0 aliphatic heterocycles. The predicted octanol–water partition coefficient (Wildman–Crippen LogP) is 4.94. The fourth-order valence-electron chi connectivity index (χ4n) is 3.04. The minimum atomic E-state index is -4.59. The van der Waals surface area contributed by atoms with E-state index in [2.05, 4.69) is 4.98 Å². The summed E-state index contributed by atoms with van der Waals surface area (Å²) in [4.78, 5) is 16.6. The average Bonchev–Trinajstić information content (AvgIpc) is 2.74. The van der Waals surface area contributed by atoms with Crippen LogP contribution >= 0.6 is 0 Å². The summed E-state index contributed by atoms with van der Waals surface area (Å²) < 4.78 is 72.4. The van der Waals surface area contributed by atoms with Crippen LogP contribution in [0.25, 0.3) is 0 Å². The molecule has 0 aliphatic carbocycles. The van der Waals surface area contributed by atoms with Crippen molar-refractivity contribution in [3.8, 4) is 0 Å². The number of rotatable bonds is 6. The normalized spacial score (nSPS) is 13.5. The highest BCUT2D eigenvalue weighted by Crippen LogP contribution is 2.35. The Hall–Kier alpha value is -3.33. The average molecular weight is 437 g/mol. The van der Waals surface area contributed by atoms with E-state index in [4.69, 9.17) is 4.74 Å². The van der Waals surface area contributed by atoms with Crippen molar-refractivity contribution in [2.24, 2.45) is 0 Å². The maximum absolute atomic E-state index is 14.4. The quantitative estimate of drug-likeness (QED) is 0.439. The Morgan fingerprint density at radius 3 is 2.32 bits per heavy atom. The molecular formula is C22H16F5NO3. The molecule has 2 aromatic carbocycles. The number of esters is 1. The van der Waals surface area contributed by atoms with Crippen molar-refractivity contribution in [3.63, 3.8) is 0 Å². The molecule has 0 saturated heterocycles. The van der Waals surface area contributed by atoms with Crippen LogP contribution in [0.4, 0.5) is 22.0 Å². The van der Waals surface area contributed by atoms with Crippen molar-refractivity contribution < 1.29 is 36.6 Å². The molecule has 0 spiro atoms. The third kappa shape index (κ3) is 5.24. The Morgan fingerprint density at radius 1 is 1.03 bits per heavy atom. The number of nitrogens with zero attached hydrogens (tertiary/aromatic N) is 1. The van der Waals surface area contributed by atoms with E-state index in [9.17, 15) is 31.9 Å². The Morgan fingerprint density at radius 2 is 1.71 bits per heavy atom. The van der Waals surface area contributed by atoms with Gasteiger partial charge in [-0.3, -0.25) is 9.78 Å². The third-order valence-corrected chi connectivity index (χ3v) is 4.54. The number of aliphatic hydroxyl groups excluding tert-OH is 1. The number of hydrogen-bond acceptors (Lipinski definition) is 4. The summed E-state index contributed by atoms with van der Waals surface area (Å²) in [6, 6.07) is 9.89. The van der Waals surface area contributed by atoms with Gasteiger partial charge in [0.05, 0.1) is 11.7 Å². The van der Waals surface area contributed by atoms with Gasteiger partial charge in [0.2, 0.25) is 0 Å². The van der Waals surface area contributed by atoms with Crippen molar-refractivity contribution >= 4 is 5.97 Å². The number of aliphatic hydroxyl groups is 1. The molecule has 3 aromatic rings. The maximum atomic E-state index is 14.4. The Bertz CT molecular complexity index is 1040. The molecule has 162 valence electrons. The Labute approximate surface area is 173 Å². The fraction of sp³-hybridized carbons (Fsp3) is 0.182. The number of halogens is 5. The fourth-order valence-corrected chi connectivity index (χ4v) is 3.04. The number of alkyl halides is 3. The molecule has 1 N–H and O–H groups in total. The van der Waals surface area contributed by atoms with E-state index in [1.807, 2.05) is 0 Å². The summed E-state index contributed by atoms with van der Waals surface area (Å²) in [5.74, 6) is -5.18. The van der Waals surface area contributed by atoms with Gasteiger partial charge in [-0.05, 0) is 35.9 Å². The molecule has 0 fully saturated rings. The molecule has 31 heavy (non-hydrogen) atoms. The lowest BCUT2D eigenvalue weighted by Gasteiger charge is -2.23. The highest BCUT2D eigenvalue weighted by atomic mass is 19.4. The molecule has 0 amide bonds. The summed E-state index contributed by atoms with van der Waals surface area (Å²) >= 11 is 0. The first-order chi connectivity index (χ1) is 14.7. The maximum Gasteiger partial charge on any atom is 0.416 e. The van der Waals surface area contributed by atoms with Crippen LogP contribution in [-0.4, -0.2) is 16.1 Å². The standard InChI is InChI=1S/C22H16F5NO3/c23-16-7-2-8-17(24)18(16)19(20(29)14-5-3-9-28-11-14)21(30)31-12-13-4-1-6-15(10-13)22(25,26)27/h1-11,19-20,29H,12H2. The number of ether oxygens (including phenoxy) is 1. The van der Waals surface area contributed by atoms with Gasteiger partial charge in [-0.25, -0.2) is 8.78 Å². The smallest absolute Gasteiger partial charge is 0.416 e. The van der Waals surface area contributed by atoms with Crippen molar-refractivity contribution in [1.82, 2.24) is 4.98 Å². The molecule has 2 unspecified atom stereocenters. The zero-order valence-electron chi connectivity index (χ0n) is 15.8. The van der Waals surface area contributed by atoms with Gasteiger partial charge < -0.3 is 9.84 Å². The highest BCUT2D eigenvalue weighted by molar-refractivity contribution is 5.79. The minimum Gasteiger partial charge on any atom is -0.460 e. The van der Waals surface area contributed by atoms with Crippen LogP contribution in [0, 0.1) is 11.6 Å². The molecule has 1 aromatic heterocycles. The van der Waals surface area contributed by atoms with Crippen molar-refractivity contribution in [2.45, 2.75) is 24.8 Å². The third-order valence-electron chi connectivity index (χ3n) is 4.54. The van der Waals surface area contributed by atoms with Crippen LogP contribution in [-0.2, 0) is 22.3 Å². The molecule has 3 rings (SSSR count). The molecule has 9 heteroatoms. The second-order valence-electron chi connectivity index (χ2n) is 6.65. The number of carbonyl (C=O) groups is 1. The summed E-state index contributed by atoms with van der Waals surface area (Å²) in [5.41, 5.74) is -1.53. The van der Waals surface area contributed by atoms with Crippen LogP contribution in [0.5, 0.6) is 0 Å². The number of aromatic nitrogens is 1. The van der Waals surface area contributed by atoms with Crippen LogP contribution in [0.15, 0.2) is 67.0 Å². The number of hydrogen-bond donors (Lipinski definition) is 1. The Balaban J connectivity index is 1.90. The highest BCUT2D eigenvalue weighted by Gasteiger charge is 2.36. The molecule has 0 radical (unpaired) electrons. The first-order valence-electron chi connectivity index (χ1n) is 9.03. The largest absolute Gasteiger partial charge is 0.460 e. The molecule has 0 bridgehead atoms. The van der Waals surface area contributed by atoms with E-state index >= 15 is 0 Å². The lowest BCUT2D eigenvalue weighted by Crippen LogP contribution is -2.25. The zero-order valence-corrected chi connectivity index (χ0v) is 15.8. The Kier molecular flexibility index (Phi) is 6.65. The topological polar surface area (TPSA) is 59.4 Å².